The third kappa shape index (κ3) is 4.64. The van der Waals surface area contributed by atoms with Crippen LogP contribution in [-0.2, 0) is 11.3 Å². The third-order valence-electron chi connectivity index (χ3n) is 4.50. The van der Waals surface area contributed by atoms with E-state index in [1.54, 1.807) is 25.3 Å². The van der Waals surface area contributed by atoms with Crippen molar-refractivity contribution in [1.82, 2.24) is 4.90 Å². The first-order chi connectivity index (χ1) is 13.0. The number of anilines is 1. The lowest BCUT2D eigenvalue weighted by Crippen LogP contribution is -2.39. The van der Waals surface area contributed by atoms with Gasteiger partial charge in [0.2, 0.25) is 5.91 Å². The maximum Gasteiger partial charge on any atom is 0.241 e. The maximum absolute atomic E-state index is 12.6. The van der Waals surface area contributed by atoms with Crippen LogP contribution in [0.4, 0.5) is 5.69 Å². The molecule has 0 saturated carbocycles. The fourth-order valence-corrected chi connectivity index (χ4v) is 3.06. The molecule has 0 fully saturated rings. The van der Waals surface area contributed by atoms with Gasteiger partial charge in [0.1, 0.15) is 19.0 Å². The van der Waals surface area contributed by atoms with E-state index in [1.807, 2.05) is 37.1 Å². The first-order valence-electron chi connectivity index (χ1n) is 8.71. The molecule has 1 N–H and O–H groups in total. The quantitative estimate of drug-likeness (QED) is 0.816. The van der Waals surface area contributed by atoms with E-state index >= 15 is 0 Å². The Morgan fingerprint density at radius 1 is 1.22 bits per heavy atom. The van der Waals surface area contributed by atoms with Crippen molar-refractivity contribution in [3.05, 3.63) is 47.0 Å². The van der Waals surface area contributed by atoms with E-state index in [9.17, 15) is 4.79 Å². The average Bonchev–Trinajstić information content (AvgIpc) is 2.67. The van der Waals surface area contributed by atoms with Gasteiger partial charge in [-0.1, -0.05) is 17.7 Å². The van der Waals surface area contributed by atoms with Crippen LogP contribution >= 0.6 is 11.6 Å². The number of amides is 1. The molecule has 1 aliphatic rings. The lowest BCUT2D eigenvalue weighted by Gasteiger charge is -2.25. The maximum atomic E-state index is 12.6. The molecule has 27 heavy (non-hydrogen) atoms. The summed E-state index contributed by atoms with van der Waals surface area (Å²) in [7, 11) is 3.45. The zero-order valence-corrected chi connectivity index (χ0v) is 16.4. The minimum Gasteiger partial charge on any atom is -0.495 e. The largest absolute Gasteiger partial charge is 0.495 e. The summed E-state index contributed by atoms with van der Waals surface area (Å²) in [4.78, 5) is 14.5. The smallest absolute Gasteiger partial charge is 0.241 e. The van der Waals surface area contributed by atoms with Gasteiger partial charge in [-0.3, -0.25) is 9.69 Å². The number of methoxy groups -OCH3 is 1. The molecule has 3 rings (SSSR count). The molecule has 144 valence electrons. The molecule has 2 aromatic rings. The second-order valence-corrected chi connectivity index (χ2v) is 6.81. The Balaban J connectivity index is 1.61. The molecule has 0 unspecified atom stereocenters. The molecule has 1 heterocycles. The summed E-state index contributed by atoms with van der Waals surface area (Å²) in [6, 6.07) is 10.7. The highest BCUT2D eigenvalue weighted by atomic mass is 35.5. The molecule has 7 heteroatoms. The molecule has 0 bridgehead atoms. The summed E-state index contributed by atoms with van der Waals surface area (Å²) < 4.78 is 16.3. The summed E-state index contributed by atoms with van der Waals surface area (Å²) in [5.74, 6) is 1.96. The number of benzene rings is 2. The monoisotopic (exact) mass is 390 g/mol. The molecule has 0 saturated heterocycles. The molecule has 1 aliphatic heterocycles. The highest BCUT2D eigenvalue weighted by molar-refractivity contribution is 6.32. The van der Waals surface area contributed by atoms with Crippen LogP contribution in [0.2, 0.25) is 5.02 Å². The molecular formula is C20H23ClN2O4. The fraction of sp³-hybridized carbons (Fsp3) is 0.350. The van der Waals surface area contributed by atoms with Gasteiger partial charge in [0.25, 0.3) is 0 Å². The number of carbonyl (C=O) groups excluding carboxylic acids is 1. The number of hydrogen-bond acceptors (Lipinski definition) is 5. The molecular weight excluding hydrogens is 368 g/mol. The highest BCUT2D eigenvalue weighted by Crippen LogP contribution is 2.31. The van der Waals surface area contributed by atoms with Crippen LogP contribution in [0.5, 0.6) is 17.2 Å². The van der Waals surface area contributed by atoms with Crippen molar-refractivity contribution >= 4 is 23.2 Å². The van der Waals surface area contributed by atoms with E-state index < -0.39 is 0 Å². The zero-order chi connectivity index (χ0) is 19.4. The summed E-state index contributed by atoms with van der Waals surface area (Å²) >= 11 is 6.11. The van der Waals surface area contributed by atoms with Crippen LogP contribution in [0.1, 0.15) is 12.5 Å². The topological polar surface area (TPSA) is 60.0 Å². The van der Waals surface area contributed by atoms with Crippen molar-refractivity contribution in [2.75, 3.05) is 32.7 Å². The van der Waals surface area contributed by atoms with Crippen molar-refractivity contribution in [2.24, 2.45) is 0 Å². The Morgan fingerprint density at radius 3 is 2.67 bits per heavy atom. The Morgan fingerprint density at radius 2 is 1.96 bits per heavy atom. The minimum atomic E-state index is -0.334. The van der Waals surface area contributed by atoms with Gasteiger partial charge in [0.05, 0.1) is 18.2 Å². The van der Waals surface area contributed by atoms with Gasteiger partial charge in [-0.05, 0) is 49.9 Å². The molecule has 0 spiro atoms. The van der Waals surface area contributed by atoms with Crippen LogP contribution in [0.25, 0.3) is 0 Å². The molecule has 0 radical (unpaired) electrons. The Bertz CT molecular complexity index is 828. The van der Waals surface area contributed by atoms with E-state index in [1.165, 1.54) is 0 Å². The zero-order valence-electron chi connectivity index (χ0n) is 15.6. The molecule has 1 atom stereocenters. The van der Waals surface area contributed by atoms with Crippen LogP contribution < -0.4 is 19.5 Å². The third-order valence-corrected chi connectivity index (χ3v) is 4.79. The van der Waals surface area contributed by atoms with Gasteiger partial charge in [0.15, 0.2) is 11.5 Å². The van der Waals surface area contributed by atoms with Crippen molar-refractivity contribution in [2.45, 2.75) is 19.5 Å². The predicted octanol–water partition coefficient (Wildman–Crippen LogP) is 3.58. The summed E-state index contributed by atoms with van der Waals surface area (Å²) in [6.45, 7) is 3.58. The van der Waals surface area contributed by atoms with Crippen molar-refractivity contribution in [1.29, 1.82) is 0 Å². The summed E-state index contributed by atoms with van der Waals surface area (Å²) in [5.41, 5.74) is 1.68. The first-order valence-corrected chi connectivity index (χ1v) is 9.09. The standard InChI is InChI=1S/C20H23ClN2O4/c1-13(20(24)22-15-5-7-17(25-3)16(21)11-15)23(2)12-14-4-6-18-19(10-14)27-9-8-26-18/h4-7,10-11,13H,8-9,12H2,1-3H3,(H,22,24)/t13-/m1/s1. The number of nitrogens with zero attached hydrogens (tertiary/aromatic N) is 1. The van der Waals surface area contributed by atoms with E-state index in [0.717, 1.165) is 17.1 Å². The van der Waals surface area contributed by atoms with Gasteiger partial charge in [-0.2, -0.15) is 0 Å². The Labute approximate surface area is 164 Å². The molecule has 1 amide bonds. The summed E-state index contributed by atoms with van der Waals surface area (Å²) in [6.07, 6.45) is 0. The molecule has 0 aromatic heterocycles. The number of likely N-dealkylation sites (N-methyl/N-ethyl adjacent to an activating group) is 1. The van der Waals surface area contributed by atoms with Crippen LogP contribution in [0.3, 0.4) is 0 Å². The number of halogens is 1. The van der Waals surface area contributed by atoms with Gasteiger partial charge in [-0.25, -0.2) is 0 Å². The van der Waals surface area contributed by atoms with E-state index in [-0.39, 0.29) is 11.9 Å². The highest BCUT2D eigenvalue weighted by Gasteiger charge is 2.20. The van der Waals surface area contributed by atoms with Crippen molar-refractivity contribution < 1.29 is 19.0 Å². The van der Waals surface area contributed by atoms with Crippen LogP contribution in [0.15, 0.2) is 36.4 Å². The SMILES string of the molecule is COc1ccc(NC(=O)[C@@H](C)N(C)Cc2ccc3c(c2)OCCO3)cc1Cl. The Hall–Kier alpha value is -2.44. The van der Waals surface area contributed by atoms with Gasteiger partial charge in [0, 0.05) is 12.2 Å². The van der Waals surface area contributed by atoms with Crippen LogP contribution in [-0.4, -0.2) is 44.2 Å². The van der Waals surface area contributed by atoms with Crippen LogP contribution in [0, 0.1) is 0 Å². The number of nitrogens with one attached hydrogen (secondary N) is 1. The number of carbonyl (C=O) groups is 1. The molecule has 2 aromatic carbocycles. The molecule has 6 nitrogen and oxygen atoms in total. The second-order valence-electron chi connectivity index (χ2n) is 6.41. The number of ether oxygens (including phenoxy) is 3. The van der Waals surface area contributed by atoms with E-state index in [2.05, 4.69) is 5.32 Å². The lowest BCUT2D eigenvalue weighted by molar-refractivity contribution is -0.120. The number of fused-ring (bicyclic) bond motifs is 1. The minimum absolute atomic E-state index is 0.115. The summed E-state index contributed by atoms with van der Waals surface area (Å²) in [5, 5.41) is 3.34. The number of hydrogen-bond donors (Lipinski definition) is 1. The average molecular weight is 391 g/mol. The van der Waals surface area contributed by atoms with Crippen molar-refractivity contribution in [3.8, 4) is 17.2 Å². The van der Waals surface area contributed by atoms with Gasteiger partial charge < -0.3 is 19.5 Å². The lowest BCUT2D eigenvalue weighted by atomic mass is 10.1. The predicted molar refractivity (Wildman–Crippen MR) is 105 cm³/mol. The number of rotatable bonds is 6. The normalized spacial score (nSPS) is 14.0. The fourth-order valence-electron chi connectivity index (χ4n) is 2.80. The first kappa shape index (κ1) is 19.3. The second kappa shape index (κ2) is 8.50. The van der Waals surface area contributed by atoms with Gasteiger partial charge >= 0.3 is 0 Å². The van der Waals surface area contributed by atoms with E-state index in [4.69, 9.17) is 25.8 Å². The Kier molecular flexibility index (Phi) is 6.08. The molecule has 0 aliphatic carbocycles. The van der Waals surface area contributed by atoms with Gasteiger partial charge in [-0.15, -0.1) is 0 Å². The van der Waals surface area contributed by atoms with Crippen molar-refractivity contribution in [3.63, 3.8) is 0 Å². The van der Waals surface area contributed by atoms with E-state index in [0.29, 0.717) is 36.2 Å².